The maximum Gasteiger partial charge on any atom is 0.0447 e. The van der Waals surface area contributed by atoms with Crippen molar-refractivity contribution in [2.75, 3.05) is 0 Å². The summed E-state index contributed by atoms with van der Waals surface area (Å²) in [7, 11) is 0. The minimum absolute atomic E-state index is 0.788. The van der Waals surface area contributed by atoms with Gasteiger partial charge in [-0.15, -0.1) is 0 Å². The molecule has 0 saturated carbocycles. The molecule has 2 aromatic rings. The van der Waals surface area contributed by atoms with E-state index in [1.54, 1.807) is 0 Å². The largest absolute Gasteiger partial charge is 0.0840 e. The topological polar surface area (TPSA) is 0 Å². The summed E-state index contributed by atoms with van der Waals surface area (Å²) in [6.07, 6.45) is 0.848. The van der Waals surface area contributed by atoms with Crippen molar-refractivity contribution in [1.82, 2.24) is 0 Å². The summed E-state index contributed by atoms with van der Waals surface area (Å²) < 4.78 is 0. The second kappa shape index (κ2) is 4.30. The van der Waals surface area contributed by atoms with E-state index in [2.05, 4.69) is 18.2 Å². The Morgan fingerprint density at radius 3 is 2.50 bits per heavy atom. The fourth-order valence-corrected chi connectivity index (χ4v) is 1.58. The van der Waals surface area contributed by atoms with E-state index in [9.17, 15) is 0 Å². The van der Waals surface area contributed by atoms with Crippen LogP contribution in [-0.4, -0.2) is 0 Å². The van der Waals surface area contributed by atoms with Gasteiger partial charge in [0, 0.05) is 5.02 Å². The molecule has 0 aromatic heterocycles. The molecule has 0 nitrogen and oxygen atoms in total. The normalized spacial score (nSPS) is 10.1. The monoisotopic (exact) mass is 201 g/mol. The van der Waals surface area contributed by atoms with E-state index in [4.69, 9.17) is 11.6 Å². The maximum atomic E-state index is 6.04. The van der Waals surface area contributed by atoms with Crippen LogP contribution < -0.4 is 0 Å². The number of hydrogen-bond donors (Lipinski definition) is 0. The van der Waals surface area contributed by atoms with E-state index in [0.29, 0.717) is 0 Å². The predicted octanol–water partition coefficient (Wildman–Crippen LogP) is 3.73. The van der Waals surface area contributed by atoms with Crippen molar-refractivity contribution in [1.29, 1.82) is 0 Å². The lowest BCUT2D eigenvalue weighted by atomic mass is 10.1. The first kappa shape index (κ1) is 9.29. The van der Waals surface area contributed by atoms with Crippen LogP contribution in [0.1, 0.15) is 11.1 Å². The smallest absolute Gasteiger partial charge is 0.0447 e. The predicted molar refractivity (Wildman–Crippen MR) is 59.5 cm³/mol. The van der Waals surface area contributed by atoms with Crippen molar-refractivity contribution < 1.29 is 0 Å². The van der Waals surface area contributed by atoms with Gasteiger partial charge in [-0.3, -0.25) is 0 Å². The zero-order valence-electron chi connectivity index (χ0n) is 7.70. The zero-order valence-corrected chi connectivity index (χ0v) is 8.46. The van der Waals surface area contributed by atoms with Gasteiger partial charge < -0.3 is 0 Å². The lowest BCUT2D eigenvalue weighted by molar-refractivity contribution is 1.19. The van der Waals surface area contributed by atoms with E-state index >= 15 is 0 Å². The molecule has 69 valence electrons. The fourth-order valence-electron chi connectivity index (χ4n) is 1.39. The molecule has 1 heteroatoms. The van der Waals surface area contributed by atoms with Crippen LogP contribution in [0.15, 0.2) is 48.5 Å². The Hall–Kier alpha value is -1.27. The molecule has 1 radical (unpaired) electrons. The van der Waals surface area contributed by atoms with E-state index < -0.39 is 0 Å². The van der Waals surface area contributed by atoms with Crippen LogP contribution in [0.4, 0.5) is 0 Å². The average Bonchev–Trinajstić information content (AvgIpc) is 2.23. The van der Waals surface area contributed by atoms with Crippen molar-refractivity contribution in [2.45, 2.75) is 6.42 Å². The Morgan fingerprint density at radius 2 is 1.79 bits per heavy atom. The Morgan fingerprint density at radius 1 is 1.00 bits per heavy atom. The molecule has 0 unspecified atom stereocenters. The van der Waals surface area contributed by atoms with Gasteiger partial charge in [0.05, 0.1) is 0 Å². The molecule has 0 aliphatic heterocycles. The molecule has 14 heavy (non-hydrogen) atoms. The van der Waals surface area contributed by atoms with Gasteiger partial charge in [0.2, 0.25) is 0 Å². The summed E-state index contributed by atoms with van der Waals surface area (Å²) in [5, 5.41) is 0.788. The molecule has 0 spiro atoms. The van der Waals surface area contributed by atoms with Crippen LogP contribution in [0.5, 0.6) is 0 Å². The first-order valence-electron chi connectivity index (χ1n) is 4.55. The van der Waals surface area contributed by atoms with Crippen molar-refractivity contribution >= 4 is 11.6 Å². The first-order valence-corrected chi connectivity index (χ1v) is 4.93. The molecule has 0 aliphatic carbocycles. The standard InChI is InChI=1S/C13H10Cl/c14-13-9-5-4-8-12(13)10-11-6-2-1-3-7-11/h1-7,9H,10H2. The van der Waals surface area contributed by atoms with Gasteiger partial charge in [0.1, 0.15) is 0 Å². The van der Waals surface area contributed by atoms with Crippen LogP contribution in [0.25, 0.3) is 0 Å². The molecule has 0 aliphatic rings. The summed E-state index contributed by atoms with van der Waals surface area (Å²) in [5.74, 6) is 0. The Labute approximate surface area is 89.2 Å². The lowest BCUT2D eigenvalue weighted by Crippen LogP contribution is -1.88. The number of hydrogen-bond acceptors (Lipinski definition) is 0. The van der Waals surface area contributed by atoms with Crippen molar-refractivity contribution in [3.05, 3.63) is 70.7 Å². The van der Waals surface area contributed by atoms with Gasteiger partial charge in [-0.2, -0.15) is 0 Å². The lowest BCUT2D eigenvalue weighted by Gasteiger charge is -2.02. The maximum absolute atomic E-state index is 6.04. The fraction of sp³-hybridized carbons (Fsp3) is 0.0769. The Balaban J connectivity index is 2.24. The van der Waals surface area contributed by atoms with Gasteiger partial charge in [-0.05, 0) is 29.7 Å². The molecule has 0 amide bonds. The van der Waals surface area contributed by atoms with E-state index in [1.165, 1.54) is 5.56 Å². The summed E-state index contributed by atoms with van der Waals surface area (Å²) in [6, 6.07) is 19.1. The molecule has 0 bridgehead atoms. The Kier molecular flexibility index (Phi) is 2.85. The second-order valence-electron chi connectivity index (χ2n) is 3.16. The summed E-state index contributed by atoms with van der Waals surface area (Å²) in [6.45, 7) is 0. The van der Waals surface area contributed by atoms with Gasteiger partial charge >= 0.3 is 0 Å². The Bertz CT molecular complexity index is 407. The van der Waals surface area contributed by atoms with Gasteiger partial charge in [0.25, 0.3) is 0 Å². The molecule has 0 atom stereocenters. The molecular weight excluding hydrogens is 192 g/mol. The molecular formula is C13H10Cl. The van der Waals surface area contributed by atoms with Crippen LogP contribution >= 0.6 is 11.6 Å². The highest BCUT2D eigenvalue weighted by Crippen LogP contribution is 2.17. The third kappa shape index (κ3) is 2.15. The van der Waals surface area contributed by atoms with Crippen LogP contribution in [0.3, 0.4) is 0 Å². The van der Waals surface area contributed by atoms with Crippen molar-refractivity contribution in [3.63, 3.8) is 0 Å². The minimum Gasteiger partial charge on any atom is -0.0840 e. The molecule has 0 fully saturated rings. The summed E-state index contributed by atoms with van der Waals surface area (Å²) >= 11 is 6.04. The summed E-state index contributed by atoms with van der Waals surface area (Å²) in [4.78, 5) is 0. The third-order valence-electron chi connectivity index (χ3n) is 2.11. The van der Waals surface area contributed by atoms with Crippen molar-refractivity contribution in [2.24, 2.45) is 0 Å². The molecule has 0 saturated heterocycles. The number of rotatable bonds is 2. The highest BCUT2D eigenvalue weighted by atomic mass is 35.5. The molecule has 2 rings (SSSR count). The number of halogens is 1. The highest BCUT2D eigenvalue weighted by molar-refractivity contribution is 6.31. The summed E-state index contributed by atoms with van der Waals surface area (Å²) in [5.41, 5.74) is 2.32. The van der Waals surface area contributed by atoms with Crippen LogP contribution in [-0.2, 0) is 6.42 Å². The van der Waals surface area contributed by atoms with Crippen LogP contribution in [0.2, 0.25) is 5.02 Å². The van der Waals surface area contributed by atoms with E-state index in [0.717, 1.165) is 17.0 Å². The van der Waals surface area contributed by atoms with E-state index in [1.807, 2.05) is 36.4 Å². The molecule has 2 aromatic carbocycles. The van der Waals surface area contributed by atoms with Gasteiger partial charge in [-0.1, -0.05) is 54.1 Å². The van der Waals surface area contributed by atoms with Gasteiger partial charge in [-0.25, -0.2) is 0 Å². The minimum atomic E-state index is 0.788. The first-order chi connectivity index (χ1) is 6.86. The second-order valence-corrected chi connectivity index (χ2v) is 3.57. The molecule has 0 heterocycles. The van der Waals surface area contributed by atoms with E-state index in [-0.39, 0.29) is 0 Å². The highest BCUT2D eigenvalue weighted by Gasteiger charge is 1.99. The van der Waals surface area contributed by atoms with Gasteiger partial charge in [0.15, 0.2) is 0 Å². The SMILES string of the molecule is Clc1ccc[c]c1Cc1ccccc1. The third-order valence-corrected chi connectivity index (χ3v) is 2.46. The zero-order chi connectivity index (χ0) is 9.80. The number of benzene rings is 2. The quantitative estimate of drug-likeness (QED) is 0.695. The molecule has 0 N–H and O–H groups in total. The van der Waals surface area contributed by atoms with Crippen molar-refractivity contribution in [3.8, 4) is 0 Å². The average molecular weight is 202 g/mol. The van der Waals surface area contributed by atoms with Crippen LogP contribution in [0, 0.1) is 6.07 Å².